The fraction of sp³-hybridized carbons (Fsp3) is 0.440. The maximum absolute atomic E-state index is 13.0. The number of benzene rings is 2. The molecule has 0 aliphatic heterocycles. The molecular weight excluding hydrogens is 440 g/mol. The predicted octanol–water partition coefficient (Wildman–Crippen LogP) is 5.41. The Morgan fingerprint density at radius 1 is 0.970 bits per heavy atom. The van der Waals surface area contributed by atoms with Crippen LogP contribution in [-0.2, 0) is 19.5 Å². The minimum absolute atomic E-state index is 0.00971. The van der Waals surface area contributed by atoms with Crippen molar-refractivity contribution >= 4 is 22.0 Å². The molecule has 0 heterocycles. The van der Waals surface area contributed by atoms with Gasteiger partial charge in [-0.1, -0.05) is 55.0 Å². The summed E-state index contributed by atoms with van der Waals surface area (Å²) in [5.41, 5.74) is 1.02. The highest BCUT2D eigenvalue weighted by Gasteiger charge is 2.31. The molecule has 7 nitrogen and oxygen atoms in total. The molecule has 2 atom stereocenters. The zero-order valence-electron chi connectivity index (χ0n) is 20.3. The molecule has 0 unspecified atom stereocenters. The van der Waals surface area contributed by atoms with E-state index in [0.717, 1.165) is 11.1 Å². The first-order valence-electron chi connectivity index (χ1n) is 10.9. The van der Waals surface area contributed by atoms with E-state index < -0.39 is 33.7 Å². The van der Waals surface area contributed by atoms with E-state index in [1.807, 2.05) is 37.3 Å². The maximum atomic E-state index is 13.0. The Morgan fingerprint density at radius 3 is 2.06 bits per heavy atom. The summed E-state index contributed by atoms with van der Waals surface area (Å²) in [6.07, 6.45) is -0.939. The quantitative estimate of drug-likeness (QED) is 0.428. The van der Waals surface area contributed by atoms with Crippen LogP contribution in [0.2, 0.25) is 0 Å². The van der Waals surface area contributed by atoms with Crippen LogP contribution in [0.4, 0.5) is 4.79 Å². The van der Waals surface area contributed by atoms with Gasteiger partial charge in [-0.05, 0) is 59.2 Å². The summed E-state index contributed by atoms with van der Waals surface area (Å²) in [6.45, 7) is 12.5. The SMILES string of the molecule is Cc1ccc(S(=O)(=O)/N=C(/OC(C)C)[C@@H](C)[C@@H](NC(=O)OC(C)(C)C)c2ccccc2)cc1. The third kappa shape index (κ3) is 8.20. The number of nitrogens with one attached hydrogen (secondary N) is 1. The second-order valence-electron chi connectivity index (χ2n) is 9.21. The lowest BCUT2D eigenvalue weighted by atomic mass is 9.94. The predicted molar refractivity (Wildman–Crippen MR) is 130 cm³/mol. The van der Waals surface area contributed by atoms with Gasteiger partial charge in [-0.2, -0.15) is 8.42 Å². The van der Waals surface area contributed by atoms with Gasteiger partial charge in [0.1, 0.15) is 5.60 Å². The molecule has 0 aliphatic carbocycles. The van der Waals surface area contributed by atoms with Gasteiger partial charge in [0.25, 0.3) is 10.0 Å². The zero-order valence-corrected chi connectivity index (χ0v) is 21.1. The number of hydrogen-bond donors (Lipinski definition) is 1. The number of nitrogens with zero attached hydrogens (tertiary/aromatic N) is 1. The Kier molecular flexibility index (Phi) is 8.66. The molecule has 2 rings (SSSR count). The van der Waals surface area contributed by atoms with E-state index in [1.165, 1.54) is 12.1 Å². The standard InChI is InChI=1S/C25H34N2O5S/c1-17(2)31-23(27-33(29,30)21-15-13-18(3)14-16-21)19(4)22(20-11-9-8-10-12-20)26-24(28)32-25(5,6)7/h8-17,19,22H,1-7H3,(H,26,28)/b27-23+/t19-,22+/m0/s1. The molecule has 0 aromatic heterocycles. The van der Waals surface area contributed by atoms with E-state index in [0.29, 0.717) is 0 Å². The number of rotatable bonds is 7. The fourth-order valence-electron chi connectivity index (χ4n) is 3.07. The number of carbonyl (C=O) groups is 1. The molecule has 180 valence electrons. The Balaban J connectivity index is 2.49. The summed E-state index contributed by atoms with van der Waals surface area (Å²) >= 11 is 0. The number of ether oxygens (including phenoxy) is 2. The number of hydrogen-bond acceptors (Lipinski definition) is 5. The summed E-state index contributed by atoms with van der Waals surface area (Å²) in [5, 5.41) is 2.86. The second kappa shape index (κ2) is 10.8. The summed E-state index contributed by atoms with van der Waals surface area (Å²) in [5.74, 6) is -0.599. The Hall–Kier alpha value is -2.87. The highest BCUT2D eigenvalue weighted by Crippen LogP contribution is 2.26. The number of alkyl carbamates (subject to hydrolysis) is 1. The van der Waals surface area contributed by atoms with Crippen LogP contribution in [0.5, 0.6) is 0 Å². The van der Waals surface area contributed by atoms with E-state index in [2.05, 4.69) is 9.71 Å². The monoisotopic (exact) mass is 474 g/mol. The first kappa shape index (κ1) is 26.4. The van der Waals surface area contributed by atoms with Gasteiger partial charge in [0, 0.05) is 0 Å². The summed E-state index contributed by atoms with van der Waals surface area (Å²) < 4.78 is 41.4. The molecule has 2 aromatic carbocycles. The molecule has 33 heavy (non-hydrogen) atoms. The zero-order chi connectivity index (χ0) is 24.8. The highest BCUT2D eigenvalue weighted by molar-refractivity contribution is 7.90. The minimum Gasteiger partial charge on any atom is -0.477 e. The number of sulfonamides is 1. The van der Waals surface area contributed by atoms with Crippen molar-refractivity contribution in [1.82, 2.24) is 5.32 Å². The summed E-state index contributed by atoms with van der Waals surface area (Å²) in [7, 11) is -4.02. The largest absolute Gasteiger partial charge is 0.477 e. The summed E-state index contributed by atoms with van der Waals surface area (Å²) in [6, 6.07) is 15.1. The van der Waals surface area contributed by atoms with Crippen LogP contribution in [0, 0.1) is 12.8 Å². The van der Waals surface area contributed by atoms with E-state index in [9.17, 15) is 13.2 Å². The topological polar surface area (TPSA) is 94.1 Å². The smallest absolute Gasteiger partial charge is 0.408 e. The molecule has 0 aliphatic rings. The molecule has 1 N–H and O–H groups in total. The van der Waals surface area contributed by atoms with Crippen molar-refractivity contribution in [1.29, 1.82) is 0 Å². The van der Waals surface area contributed by atoms with Gasteiger partial charge >= 0.3 is 6.09 Å². The van der Waals surface area contributed by atoms with Crippen LogP contribution in [0.15, 0.2) is 63.9 Å². The number of aryl methyl sites for hydroxylation is 1. The van der Waals surface area contributed by atoms with E-state index in [1.54, 1.807) is 53.7 Å². The Labute approximate surface area is 197 Å². The molecule has 0 fully saturated rings. The van der Waals surface area contributed by atoms with Gasteiger partial charge < -0.3 is 14.8 Å². The van der Waals surface area contributed by atoms with Crippen molar-refractivity contribution in [3.05, 3.63) is 65.7 Å². The lowest BCUT2D eigenvalue weighted by Crippen LogP contribution is -2.40. The minimum atomic E-state index is -4.02. The molecule has 0 bridgehead atoms. The maximum Gasteiger partial charge on any atom is 0.408 e. The molecule has 1 amide bonds. The molecule has 2 aromatic rings. The van der Waals surface area contributed by atoms with Gasteiger partial charge in [-0.3, -0.25) is 0 Å². The first-order chi connectivity index (χ1) is 15.3. The van der Waals surface area contributed by atoms with Gasteiger partial charge in [0.05, 0.1) is 23.0 Å². The van der Waals surface area contributed by atoms with Crippen LogP contribution in [-0.4, -0.2) is 32.1 Å². The average Bonchev–Trinajstić information content (AvgIpc) is 2.70. The van der Waals surface area contributed by atoms with Crippen LogP contribution in [0.25, 0.3) is 0 Å². The summed E-state index contributed by atoms with van der Waals surface area (Å²) in [4.78, 5) is 12.7. The lowest BCUT2D eigenvalue weighted by molar-refractivity contribution is 0.0492. The van der Waals surface area contributed by atoms with Crippen molar-refractivity contribution in [2.24, 2.45) is 10.3 Å². The third-order valence-corrected chi connectivity index (χ3v) is 5.89. The van der Waals surface area contributed by atoms with Crippen LogP contribution in [0.3, 0.4) is 0 Å². The van der Waals surface area contributed by atoms with Crippen LogP contribution >= 0.6 is 0 Å². The Bertz CT molecular complexity index is 1060. The Morgan fingerprint density at radius 2 is 1.55 bits per heavy atom. The molecule has 0 saturated heterocycles. The molecule has 0 saturated carbocycles. The lowest BCUT2D eigenvalue weighted by Gasteiger charge is -2.29. The van der Waals surface area contributed by atoms with Gasteiger partial charge in [-0.15, -0.1) is 4.40 Å². The molecule has 0 spiro atoms. The van der Waals surface area contributed by atoms with Gasteiger partial charge in [0.2, 0.25) is 5.90 Å². The van der Waals surface area contributed by atoms with E-state index in [-0.39, 0.29) is 16.9 Å². The fourth-order valence-corrected chi connectivity index (χ4v) is 4.10. The molecular formula is C25H34N2O5S. The van der Waals surface area contributed by atoms with Crippen molar-refractivity contribution in [3.63, 3.8) is 0 Å². The van der Waals surface area contributed by atoms with Crippen LogP contribution in [0.1, 0.15) is 58.7 Å². The second-order valence-corrected chi connectivity index (χ2v) is 10.8. The first-order valence-corrected chi connectivity index (χ1v) is 12.3. The van der Waals surface area contributed by atoms with Gasteiger partial charge in [-0.25, -0.2) is 4.79 Å². The number of amides is 1. The highest BCUT2D eigenvalue weighted by atomic mass is 32.2. The van der Waals surface area contributed by atoms with E-state index >= 15 is 0 Å². The third-order valence-electron chi connectivity index (χ3n) is 4.61. The molecule has 0 radical (unpaired) electrons. The van der Waals surface area contributed by atoms with Crippen molar-refractivity contribution in [2.75, 3.05) is 0 Å². The molecule has 8 heteroatoms. The van der Waals surface area contributed by atoms with E-state index in [4.69, 9.17) is 9.47 Å². The average molecular weight is 475 g/mol. The van der Waals surface area contributed by atoms with Crippen molar-refractivity contribution < 1.29 is 22.7 Å². The van der Waals surface area contributed by atoms with Gasteiger partial charge in [0.15, 0.2) is 0 Å². The number of carbonyl (C=O) groups excluding carboxylic acids is 1. The van der Waals surface area contributed by atoms with Crippen molar-refractivity contribution in [2.45, 2.75) is 71.1 Å². The normalized spacial score (nSPS) is 14.5. The van der Waals surface area contributed by atoms with Crippen LogP contribution < -0.4 is 5.32 Å². The van der Waals surface area contributed by atoms with Crippen molar-refractivity contribution in [3.8, 4) is 0 Å².